The van der Waals surface area contributed by atoms with Gasteiger partial charge in [-0.1, -0.05) is 109 Å². The number of rotatable bonds is 5. The number of halogens is 2. The minimum absolute atomic E-state index is 0.807. The summed E-state index contributed by atoms with van der Waals surface area (Å²) in [5.74, 6) is 0. The Labute approximate surface area is 292 Å². The summed E-state index contributed by atoms with van der Waals surface area (Å²) < 4.78 is 0. The summed E-state index contributed by atoms with van der Waals surface area (Å²) in [6, 6.07) is 49.8. The third-order valence-corrected chi connectivity index (χ3v) is 7.98. The molecule has 0 aliphatic heterocycles. The fraction of sp³-hybridized carbons (Fsp3) is 0. The molecule has 2 heterocycles. The third-order valence-electron chi connectivity index (χ3n) is 7.98. The van der Waals surface area contributed by atoms with Crippen molar-refractivity contribution in [3.05, 3.63) is 157 Å². The Kier molecular flexibility index (Phi) is 9.57. The van der Waals surface area contributed by atoms with Crippen LogP contribution in [0.3, 0.4) is 0 Å². The van der Waals surface area contributed by atoms with Crippen molar-refractivity contribution in [2.75, 3.05) is 0 Å². The van der Waals surface area contributed by atoms with E-state index in [0.29, 0.717) is 0 Å². The second kappa shape index (κ2) is 14.5. The van der Waals surface area contributed by atoms with Gasteiger partial charge in [0, 0.05) is 21.9 Å². The molecule has 0 aliphatic carbocycles. The van der Waals surface area contributed by atoms with Crippen molar-refractivity contribution >= 4 is 95.6 Å². The quantitative estimate of drug-likeness (QED) is 0.129. The van der Waals surface area contributed by atoms with Crippen LogP contribution < -0.4 is 0 Å². The fourth-order valence-electron chi connectivity index (χ4n) is 5.84. The molecule has 0 N–H and O–H groups in total. The van der Waals surface area contributed by atoms with E-state index in [1.54, 1.807) is 0 Å². The molecule has 7 heteroatoms. The second-order valence-corrected chi connectivity index (χ2v) is 15.8. The zero-order valence-electron chi connectivity index (χ0n) is 24.9. The Morgan fingerprint density at radius 1 is 0.426 bits per heavy atom. The molecule has 0 atom stereocenters. The zero-order chi connectivity index (χ0) is 32.0. The van der Waals surface area contributed by atoms with Crippen LogP contribution in [0.1, 0.15) is 11.4 Å². The van der Waals surface area contributed by atoms with Gasteiger partial charge >= 0.3 is 39.3 Å². The van der Waals surface area contributed by atoms with Gasteiger partial charge < -0.3 is 0 Å². The fourth-order valence-corrected chi connectivity index (χ4v) is 5.84. The molecular formula is C40H26Br2N4Ni. The number of para-hydroxylation sites is 2. The van der Waals surface area contributed by atoms with Gasteiger partial charge in [-0.05, 0) is 57.9 Å². The van der Waals surface area contributed by atoms with Gasteiger partial charge in [0.05, 0.1) is 46.2 Å². The number of nitrogens with zero attached hydrogens (tertiary/aromatic N) is 4. The number of benzene rings is 6. The van der Waals surface area contributed by atoms with E-state index < -0.39 is 0 Å². The minimum atomic E-state index is 0.807. The summed E-state index contributed by atoms with van der Waals surface area (Å²) in [6.45, 7) is 0. The molecule has 4 nitrogen and oxygen atoms in total. The molecule has 0 bridgehead atoms. The van der Waals surface area contributed by atoms with Crippen LogP contribution in [0.2, 0.25) is 0 Å². The second-order valence-electron chi connectivity index (χ2n) is 10.8. The molecule has 8 rings (SSSR count). The first-order valence-electron chi connectivity index (χ1n) is 14.9. The van der Waals surface area contributed by atoms with Crippen LogP contribution in [0.25, 0.3) is 54.5 Å². The summed E-state index contributed by atoms with van der Waals surface area (Å²) in [5, 5.41) is 6.73. The van der Waals surface area contributed by atoms with Crippen LogP contribution in [0.5, 0.6) is 0 Å². The predicted molar refractivity (Wildman–Crippen MR) is 203 cm³/mol. The summed E-state index contributed by atoms with van der Waals surface area (Å²) in [4.78, 5) is 19.8. The maximum atomic E-state index is 5.06. The molecule has 47 heavy (non-hydrogen) atoms. The molecular weight excluding hydrogens is 755 g/mol. The molecule has 0 saturated heterocycles. The average Bonchev–Trinajstić information content (AvgIpc) is 3.13. The molecule has 230 valence electrons. The Morgan fingerprint density at radius 3 is 1.23 bits per heavy atom. The number of aliphatic imine (C=N–C) groups is 2. The van der Waals surface area contributed by atoms with E-state index in [2.05, 4.69) is 126 Å². The number of hydrogen-bond donors (Lipinski definition) is 0. The molecule has 0 fully saturated rings. The summed E-state index contributed by atoms with van der Waals surface area (Å²) in [6.07, 6.45) is 3.71. The van der Waals surface area contributed by atoms with E-state index in [-0.39, 0.29) is 0 Å². The van der Waals surface area contributed by atoms with Gasteiger partial charge in [0.15, 0.2) is 0 Å². The Hall–Kier alpha value is -4.55. The molecule has 0 aliphatic rings. The first-order valence-corrected chi connectivity index (χ1v) is 19.8. The van der Waals surface area contributed by atoms with Crippen molar-refractivity contribution in [3.8, 4) is 11.1 Å². The summed E-state index contributed by atoms with van der Waals surface area (Å²) in [5.41, 5.74) is 7.30. The number of aromatic nitrogens is 2. The Bertz CT molecular complexity index is 2270. The van der Waals surface area contributed by atoms with E-state index in [4.69, 9.17) is 20.0 Å². The Balaban J connectivity index is 0.00000113. The van der Waals surface area contributed by atoms with Crippen molar-refractivity contribution in [2.45, 2.75) is 0 Å². The molecule has 8 aromatic rings. The SMILES string of the molecule is C(=Nc1ccc2ccccc2c1-c1c(N=Cc2ccc3ccccc3n2)ccc2ccccc12)c1ccc2ccccc2n1.[Br][Ni][Br]. The van der Waals surface area contributed by atoms with E-state index >= 15 is 0 Å². The first kappa shape index (κ1) is 31.1. The van der Waals surface area contributed by atoms with Gasteiger partial charge in [0.1, 0.15) is 0 Å². The first-order chi connectivity index (χ1) is 23.2. The van der Waals surface area contributed by atoms with Crippen LogP contribution in [0.15, 0.2) is 156 Å². The summed E-state index contributed by atoms with van der Waals surface area (Å²) >= 11 is 6.00. The van der Waals surface area contributed by atoms with Gasteiger partial charge in [-0.25, -0.2) is 9.97 Å². The molecule has 2 aromatic heterocycles. The molecule has 0 radical (unpaired) electrons. The van der Waals surface area contributed by atoms with Crippen LogP contribution >= 0.6 is 28.5 Å². The number of fused-ring (bicyclic) bond motifs is 4. The molecule has 6 aromatic carbocycles. The number of pyridine rings is 2. The Morgan fingerprint density at radius 2 is 0.787 bits per heavy atom. The van der Waals surface area contributed by atoms with Crippen LogP contribution in [-0.2, 0) is 10.9 Å². The topological polar surface area (TPSA) is 50.5 Å². The molecule has 0 saturated carbocycles. The van der Waals surface area contributed by atoms with Crippen LogP contribution in [0, 0.1) is 0 Å². The van der Waals surface area contributed by atoms with E-state index in [0.717, 1.165) is 77.2 Å². The van der Waals surface area contributed by atoms with Gasteiger partial charge in [0.25, 0.3) is 0 Å². The molecule has 0 spiro atoms. The van der Waals surface area contributed by atoms with Crippen molar-refractivity contribution in [1.82, 2.24) is 9.97 Å². The van der Waals surface area contributed by atoms with E-state index in [9.17, 15) is 0 Å². The van der Waals surface area contributed by atoms with Gasteiger partial charge in [-0.3, -0.25) is 9.98 Å². The van der Waals surface area contributed by atoms with Crippen molar-refractivity contribution in [1.29, 1.82) is 0 Å². The average molecular weight is 781 g/mol. The third kappa shape index (κ3) is 6.79. The molecule has 0 unspecified atom stereocenters. The maximum absolute atomic E-state index is 5.06. The van der Waals surface area contributed by atoms with Crippen LogP contribution in [0.4, 0.5) is 11.4 Å². The monoisotopic (exact) mass is 778 g/mol. The number of hydrogen-bond acceptors (Lipinski definition) is 4. The van der Waals surface area contributed by atoms with Crippen molar-refractivity contribution in [2.24, 2.45) is 9.98 Å². The van der Waals surface area contributed by atoms with Gasteiger partial charge in [-0.15, -0.1) is 0 Å². The summed E-state index contributed by atoms with van der Waals surface area (Å²) in [7, 11) is 1.25. The normalized spacial score (nSPS) is 11.6. The predicted octanol–water partition coefficient (Wildman–Crippen LogP) is 11.9. The van der Waals surface area contributed by atoms with Crippen LogP contribution in [-0.4, -0.2) is 22.4 Å². The zero-order valence-corrected chi connectivity index (χ0v) is 29.0. The van der Waals surface area contributed by atoms with Gasteiger partial charge in [0.2, 0.25) is 0 Å². The molecule has 0 amide bonds. The van der Waals surface area contributed by atoms with E-state index in [1.807, 2.05) is 61.0 Å². The van der Waals surface area contributed by atoms with Crippen molar-refractivity contribution in [3.63, 3.8) is 0 Å². The van der Waals surface area contributed by atoms with Gasteiger partial charge in [-0.2, -0.15) is 0 Å². The van der Waals surface area contributed by atoms with Crippen molar-refractivity contribution < 1.29 is 10.9 Å². The van der Waals surface area contributed by atoms with E-state index in [1.165, 1.54) is 10.9 Å². The standard InChI is InChI=1S/C40H26N4.2BrH.Ni/c1-5-13-33-27(9-1)19-23-37(41-25-31-21-17-29-11-3-7-15-35(29)43-31)39(33)40-34-14-6-2-10-28(34)20-24-38(40)42-26-32-22-18-30-12-4-8-16-36(30)44-32;;;/h1-26H;2*1H;/q;;;+2/p-2.